The van der Waals surface area contributed by atoms with Gasteiger partial charge in [0.1, 0.15) is 6.04 Å². The minimum absolute atomic E-state index is 0.0975. The number of hydrogen-bond donors (Lipinski definition) is 1. The van der Waals surface area contributed by atoms with Crippen molar-refractivity contribution in [3.8, 4) is 12.3 Å². The number of amides is 3. The summed E-state index contributed by atoms with van der Waals surface area (Å²) in [6, 6.07) is -0.671. The molecule has 0 unspecified atom stereocenters. The lowest BCUT2D eigenvalue weighted by Gasteiger charge is -2.20. The first-order valence-electron chi connectivity index (χ1n) is 5.31. The molecule has 2 aliphatic rings. The van der Waals surface area contributed by atoms with Crippen LogP contribution in [0.25, 0.3) is 0 Å². The summed E-state index contributed by atoms with van der Waals surface area (Å²) in [6.07, 6.45) is 9.49. The van der Waals surface area contributed by atoms with Crippen molar-refractivity contribution in [3.05, 3.63) is 0 Å². The first kappa shape index (κ1) is 10.0. The van der Waals surface area contributed by atoms with Crippen molar-refractivity contribution in [1.82, 2.24) is 10.2 Å². The molecule has 1 aliphatic carbocycles. The highest BCUT2D eigenvalue weighted by Crippen LogP contribution is 2.26. The maximum Gasteiger partial charge on any atom is 0.325 e. The highest BCUT2D eigenvalue weighted by atomic mass is 16.2. The smallest absolute Gasteiger partial charge is 0.325 e. The summed E-state index contributed by atoms with van der Waals surface area (Å²) in [5, 5.41) is 2.63. The van der Waals surface area contributed by atoms with Crippen molar-refractivity contribution in [2.24, 2.45) is 0 Å². The van der Waals surface area contributed by atoms with E-state index < -0.39 is 6.04 Å². The third kappa shape index (κ3) is 1.70. The van der Waals surface area contributed by atoms with Crippen LogP contribution >= 0.6 is 0 Å². The number of imide groups is 1. The first-order chi connectivity index (χ1) is 7.24. The minimum Gasteiger partial charge on any atom is -0.325 e. The normalized spacial score (nSPS) is 26.9. The summed E-state index contributed by atoms with van der Waals surface area (Å²) in [7, 11) is 0. The summed E-state index contributed by atoms with van der Waals surface area (Å²) in [4.78, 5) is 24.8. The first-order valence-corrected chi connectivity index (χ1v) is 5.31. The van der Waals surface area contributed by atoms with Crippen LogP contribution in [-0.2, 0) is 4.79 Å². The van der Waals surface area contributed by atoms with Gasteiger partial charge in [-0.1, -0.05) is 12.8 Å². The summed E-state index contributed by atoms with van der Waals surface area (Å²) >= 11 is 0. The number of hydrogen-bond acceptors (Lipinski definition) is 2. The van der Waals surface area contributed by atoms with Crippen LogP contribution in [0.15, 0.2) is 0 Å². The number of urea groups is 1. The predicted molar refractivity (Wildman–Crippen MR) is 54.9 cm³/mol. The number of terminal acetylenes is 1. The lowest BCUT2D eigenvalue weighted by atomic mass is 10.2. The monoisotopic (exact) mass is 206 g/mol. The average Bonchev–Trinajstić information content (AvgIpc) is 2.77. The zero-order valence-corrected chi connectivity index (χ0v) is 8.53. The number of carbonyl (C=O) groups is 2. The van der Waals surface area contributed by atoms with Gasteiger partial charge in [-0.3, -0.25) is 9.69 Å². The largest absolute Gasteiger partial charge is 0.325 e. The molecule has 15 heavy (non-hydrogen) atoms. The molecule has 1 saturated heterocycles. The second-order valence-corrected chi connectivity index (χ2v) is 4.06. The molecule has 0 radical (unpaired) electrons. The van der Waals surface area contributed by atoms with E-state index in [1.165, 1.54) is 4.90 Å². The predicted octanol–water partition coefficient (Wildman–Crippen LogP) is 0.873. The van der Waals surface area contributed by atoms with Gasteiger partial charge in [-0.05, 0) is 12.8 Å². The summed E-state index contributed by atoms with van der Waals surface area (Å²) in [5.74, 6) is 2.26. The number of rotatable bonds is 2. The molecular weight excluding hydrogens is 192 g/mol. The van der Waals surface area contributed by atoms with Gasteiger partial charge in [-0.2, -0.15) is 0 Å². The van der Waals surface area contributed by atoms with Crippen LogP contribution in [0.5, 0.6) is 0 Å². The SMILES string of the molecule is C#CC[C@@H]1NC(=O)N(C2CCCC2)C1=O. The molecule has 1 aliphatic heterocycles. The van der Waals surface area contributed by atoms with Gasteiger partial charge >= 0.3 is 6.03 Å². The topological polar surface area (TPSA) is 49.4 Å². The second kappa shape index (κ2) is 3.93. The Morgan fingerprint density at radius 2 is 2.07 bits per heavy atom. The van der Waals surface area contributed by atoms with Gasteiger partial charge in [0.2, 0.25) is 0 Å². The van der Waals surface area contributed by atoms with E-state index in [0.717, 1.165) is 25.7 Å². The van der Waals surface area contributed by atoms with E-state index >= 15 is 0 Å². The molecule has 2 rings (SSSR count). The quantitative estimate of drug-likeness (QED) is 0.538. The highest BCUT2D eigenvalue weighted by Gasteiger charge is 2.42. The third-order valence-corrected chi connectivity index (χ3v) is 3.06. The maximum atomic E-state index is 11.8. The number of nitrogens with one attached hydrogen (secondary N) is 1. The molecule has 1 N–H and O–H groups in total. The Balaban J connectivity index is 2.09. The Morgan fingerprint density at radius 3 is 2.67 bits per heavy atom. The van der Waals surface area contributed by atoms with Crippen LogP contribution < -0.4 is 5.32 Å². The fourth-order valence-corrected chi connectivity index (χ4v) is 2.31. The molecule has 0 bridgehead atoms. The Morgan fingerprint density at radius 1 is 1.40 bits per heavy atom. The molecule has 0 aromatic rings. The lowest BCUT2D eigenvalue weighted by Crippen LogP contribution is -2.39. The van der Waals surface area contributed by atoms with E-state index in [-0.39, 0.29) is 24.4 Å². The molecule has 0 spiro atoms. The van der Waals surface area contributed by atoms with Gasteiger partial charge < -0.3 is 5.32 Å². The molecule has 3 amide bonds. The van der Waals surface area contributed by atoms with Crippen molar-refractivity contribution in [2.45, 2.75) is 44.2 Å². The van der Waals surface area contributed by atoms with Gasteiger partial charge in [-0.25, -0.2) is 4.79 Å². The fraction of sp³-hybridized carbons (Fsp3) is 0.636. The lowest BCUT2D eigenvalue weighted by molar-refractivity contribution is -0.128. The molecule has 4 nitrogen and oxygen atoms in total. The van der Waals surface area contributed by atoms with Gasteiger partial charge in [0.05, 0.1) is 0 Å². The van der Waals surface area contributed by atoms with Crippen LogP contribution in [0, 0.1) is 12.3 Å². The third-order valence-electron chi connectivity index (χ3n) is 3.06. The van der Waals surface area contributed by atoms with E-state index in [9.17, 15) is 9.59 Å². The van der Waals surface area contributed by atoms with E-state index in [4.69, 9.17) is 6.42 Å². The molecule has 1 atom stereocenters. The van der Waals surface area contributed by atoms with Crippen molar-refractivity contribution < 1.29 is 9.59 Å². The zero-order valence-electron chi connectivity index (χ0n) is 8.53. The maximum absolute atomic E-state index is 11.8. The fourth-order valence-electron chi connectivity index (χ4n) is 2.31. The molecule has 4 heteroatoms. The van der Waals surface area contributed by atoms with Gasteiger partial charge in [-0.15, -0.1) is 12.3 Å². The van der Waals surface area contributed by atoms with Crippen molar-refractivity contribution in [3.63, 3.8) is 0 Å². The Kier molecular flexibility index (Phi) is 2.63. The molecule has 1 saturated carbocycles. The molecule has 0 aromatic carbocycles. The van der Waals surface area contributed by atoms with E-state index in [1.807, 2.05) is 0 Å². The Hall–Kier alpha value is -1.50. The zero-order chi connectivity index (χ0) is 10.8. The summed E-state index contributed by atoms with van der Waals surface area (Å²) < 4.78 is 0. The van der Waals surface area contributed by atoms with E-state index in [1.54, 1.807) is 0 Å². The minimum atomic E-state index is -0.497. The van der Waals surface area contributed by atoms with Crippen molar-refractivity contribution in [1.29, 1.82) is 0 Å². The van der Waals surface area contributed by atoms with Gasteiger partial charge in [0, 0.05) is 12.5 Å². The average molecular weight is 206 g/mol. The highest BCUT2D eigenvalue weighted by molar-refractivity contribution is 6.04. The number of nitrogens with zero attached hydrogens (tertiary/aromatic N) is 1. The Labute approximate surface area is 89.0 Å². The van der Waals surface area contributed by atoms with E-state index in [2.05, 4.69) is 11.2 Å². The number of carbonyl (C=O) groups excluding carboxylic acids is 2. The van der Waals surface area contributed by atoms with Gasteiger partial charge in [0.15, 0.2) is 0 Å². The molecule has 1 heterocycles. The van der Waals surface area contributed by atoms with Crippen LogP contribution in [0.4, 0.5) is 4.79 Å². The summed E-state index contributed by atoms with van der Waals surface area (Å²) in [6.45, 7) is 0. The molecular formula is C11H14N2O2. The van der Waals surface area contributed by atoms with Crippen LogP contribution in [0.3, 0.4) is 0 Å². The second-order valence-electron chi connectivity index (χ2n) is 4.06. The molecule has 80 valence electrons. The van der Waals surface area contributed by atoms with Crippen molar-refractivity contribution in [2.75, 3.05) is 0 Å². The Bertz CT molecular complexity index is 326. The van der Waals surface area contributed by atoms with Crippen LogP contribution in [-0.4, -0.2) is 28.9 Å². The van der Waals surface area contributed by atoms with Crippen LogP contribution in [0.2, 0.25) is 0 Å². The van der Waals surface area contributed by atoms with Gasteiger partial charge in [0.25, 0.3) is 5.91 Å². The standard InChI is InChI=1S/C11H14N2O2/c1-2-5-9-10(14)13(11(15)12-9)8-6-3-4-7-8/h1,8-9H,3-7H2,(H,12,15)/t9-/m0/s1. The van der Waals surface area contributed by atoms with Crippen molar-refractivity contribution >= 4 is 11.9 Å². The summed E-state index contributed by atoms with van der Waals surface area (Å²) in [5.41, 5.74) is 0. The molecule has 0 aromatic heterocycles. The molecule has 2 fully saturated rings. The van der Waals surface area contributed by atoms with Crippen LogP contribution in [0.1, 0.15) is 32.1 Å². The van der Waals surface area contributed by atoms with E-state index in [0.29, 0.717) is 0 Å².